The predicted octanol–water partition coefficient (Wildman–Crippen LogP) is 7.46. The number of ether oxygens (including phenoxy) is 1. The molecule has 3 aromatic heterocycles. The third kappa shape index (κ3) is 11.5. The summed E-state index contributed by atoms with van der Waals surface area (Å²) < 4.78 is 42.5. The maximum Gasteiger partial charge on any atom is 0.394 e. The molecule has 0 atom stereocenters. The van der Waals surface area contributed by atoms with Crippen molar-refractivity contribution in [1.29, 1.82) is 0 Å². The molecule has 0 unspecified atom stereocenters. The minimum atomic E-state index is -4.67. The zero-order valence-corrected chi connectivity index (χ0v) is 25.2. The molecular weight excluding hydrogens is 611 g/mol. The molecule has 3 heterocycles. The van der Waals surface area contributed by atoms with Gasteiger partial charge in [-0.15, -0.1) is 4.91 Å². The van der Waals surface area contributed by atoms with Crippen molar-refractivity contribution in [3.05, 3.63) is 88.3 Å². The molecule has 2 aromatic carbocycles. The smallest absolute Gasteiger partial charge is 0.394 e. The number of nitrogens with two attached hydrogens (primary N) is 1. The summed E-state index contributed by atoms with van der Waals surface area (Å²) in [6, 6.07) is 18.9. The van der Waals surface area contributed by atoms with E-state index in [1.807, 2.05) is 48.5 Å². The fourth-order valence-electron chi connectivity index (χ4n) is 3.24. The number of pyridine rings is 2. The summed E-state index contributed by atoms with van der Waals surface area (Å²) in [6.45, 7) is 5.28. The molecule has 0 radical (unpaired) electrons. The van der Waals surface area contributed by atoms with Crippen molar-refractivity contribution >= 4 is 61.2 Å². The number of para-hydroxylation sites is 2. The molecule has 42 heavy (non-hydrogen) atoms. The number of methoxy groups -OCH3 is 1. The summed E-state index contributed by atoms with van der Waals surface area (Å²) in [5.41, 5.74) is 9.44. The van der Waals surface area contributed by atoms with Gasteiger partial charge in [0, 0.05) is 46.0 Å². The van der Waals surface area contributed by atoms with Gasteiger partial charge in [-0.25, -0.2) is 9.97 Å². The number of hydrogen-bond acceptors (Lipinski definition) is 10. The lowest BCUT2D eigenvalue weighted by Gasteiger charge is -2.11. The van der Waals surface area contributed by atoms with E-state index in [1.54, 1.807) is 52.4 Å². The Hall–Kier alpha value is -4.01. The Balaban J connectivity index is 0.000000216. The maximum absolute atomic E-state index is 9.35. The number of rotatable bonds is 3. The number of benzene rings is 2. The summed E-state index contributed by atoms with van der Waals surface area (Å²) in [7, 11) is -3.04. The van der Waals surface area contributed by atoms with Gasteiger partial charge in [-0.2, -0.15) is 8.42 Å². The summed E-state index contributed by atoms with van der Waals surface area (Å²) in [5, 5.41) is 5.18. The van der Waals surface area contributed by atoms with E-state index in [2.05, 4.69) is 20.1 Å². The van der Waals surface area contributed by atoms with Crippen LogP contribution in [0.4, 0.5) is 5.69 Å². The second kappa shape index (κ2) is 15.3. The van der Waals surface area contributed by atoms with Gasteiger partial charge in [0.1, 0.15) is 32.8 Å². The Kier molecular flexibility index (Phi) is 12.4. The van der Waals surface area contributed by atoms with E-state index in [0.717, 1.165) is 38.8 Å². The molecule has 0 saturated heterocycles. The van der Waals surface area contributed by atoms with Crippen LogP contribution >= 0.6 is 23.2 Å². The lowest BCUT2D eigenvalue weighted by atomic mass is 10.1. The topological polar surface area (TPSA) is 187 Å². The quantitative estimate of drug-likeness (QED) is 0.0769. The van der Waals surface area contributed by atoms with E-state index >= 15 is 0 Å². The van der Waals surface area contributed by atoms with Crippen LogP contribution in [-0.4, -0.2) is 40.2 Å². The van der Waals surface area contributed by atoms with Gasteiger partial charge in [0.2, 0.25) is 0 Å². The van der Waals surface area contributed by atoms with Crippen molar-refractivity contribution < 1.29 is 31.5 Å². The van der Waals surface area contributed by atoms with E-state index in [9.17, 15) is 4.91 Å². The number of hydrogen-bond donors (Lipinski definition) is 3. The van der Waals surface area contributed by atoms with E-state index in [-0.39, 0.29) is 0 Å². The number of nitrogens with zero attached hydrogens (tertiary/aromatic N) is 3. The van der Waals surface area contributed by atoms with Gasteiger partial charge in [0.05, 0.1) is 7.11 Å². The van der Waals surface area contributed by atoms with E-state index < -0.39 is 16.0 Å². The van der Waals surface area contributed by atoms with Gasteiger partial charge in [0.15, 0.2) is 5.34 Å². The molecule has 0 aliphatic heterocycles. The SMILES string of the molecule is CC(C)(C)ON=O.COc1ccccc1-c1cnc(Cl)cc1N.Clc1cc2oc3ccccc3c2cn1.O=S(=O)(O)O. The monoisotopic (exact) mass is 638 g/mol. The summed E-state index contributed by atoms with van der Waals surface area (Å²) >= 11 is 11.5. The third-order valence-electron chi connectivity index (χ3n) is 4.84. The largest absolute Gasteiger partial charge is 0.496 e. The van der Waals surface area contributed by atoms with Crippen molar-refractivity contribution in [1.82, 2.24) is 9.97 Å². The van der Waals surface area contributed by atoms with Gasteiger partial charge < -0.3 is 19.7 Å². The Labute approximate surface area is 251 Å². The first-order valence-corrected chi connectivity index (χ1v) is 14.0. The van der Waals surface area contributed by atoms with Crippen molar-refractivity contribution in [2.45, 2.75) is 26.4 Å². The third-order valence-corrected chi connectivity index (χ3v) is 5.25. The van der Waals surface area contributed by atoms with Crippen LogP contribution in [0.25, 0.3) is 33.1 Å². The molecule has 0 aliphatic rings. The summed E-state index contributed by atoms with van der Waals surface area (Å²) in [5.74, 6) is 0.762. The van der Waals surface area contributed by atoms with Crippen LogP contribution in [0.15, 0.2) is 82.8 Å². The zero-order chi connectivity index (χ0) is 31.5. The Bertz CT molecular complexity index is 1730. The molecule has 5 aromatic rings. The number of anilines is 1. The number of nitrogen functional groups attached to an aromatic ring is 1. The zero-order valence-electron chi connectivity index (χ0n) is 22.9. The Morgan fingerprint density at radius 2 is 1.45 bits per heavy atom. The first-order valence-electron chi connectivity index (χ1n) is 11.8. The molecule has 224 valence electrons. The molecule has 0 amide bonds. The Morgan fingerprint density at radius 1 is 0.881 bits per heavy atom. The highest BCUT2D eigenvalue weighted by molar-refractivity contribution is 7.79. The lowest BCUT2D eigenvalue weighted by Crippen LogP contribution is -2.14. The van der Waals surface area contributed by atoms with Gasteiger partial charge in [-0.1, -0.05) is 59.6 Å². The lowest BCUT2D eigenvalue weighted by molar-refractivity contribution is -0.00230. The van der Waals surface area contributed by atoms with Gasteiger partial charge in [-0.3, -0.25) is 9.11 Å². The Morgan fingerprint density at radius 3 is 2.02 bits per heavy atom. The molecule has 0 fully saturated rings. The van der Waals surface area contributed by atoms with E-state index in [4.69, 9.17) is 55.6 Å². The van der Waals surface area contributed by atoms with Crippen LogP contribution in [0.2, 0.25) is 10.3 Å². The fraction of sp³-hybridized carbons (Fsp3) is 0.185. The molecule has 0 spiro atoms. The molecule has 12 nitrogen and oxygen atoms in total. The number of furan rings is 1. The van der Waals surface area contributed by atoms with E-state index in [1.165, 1.54) is 0 Å². The molecule has 15 heteroatoms. The first-order chi connectivity index (χ1) is 19.6. The molecule has 0 aliphatic carbocycles. The van der Waals surface area contributed by atoms with Crippen molar-refractivity contribution in [2.24, 2.45) is 5.34 Å². The summed E-state index contributed by atoms with van der Waals surface area (Å²) in [6.07, 6.45) is 3.39. The highest BCUT2D eigenvalue weighted by atomic mass is 35.5. The molecule has 4 N–H and O–H groups in total. The average molecular weight is 640 g/mol. The molecular formula is C27H28Cl2N4O8S. The van der Waals surface area contributed by atoms with Crippen LogP contribution in [0.1, 0.15) is 20.8 Å². The molecule has 0 bridgehead atoms. The van der Waals surface area contributed by atoms with Gasteiger partial charge >= 0.3 is 10.4 Å². The van der Waals surface area contributed by atoms with Gasteiger partial charge in [0.25, 0.3) is 0 Å². The van der Waals surface area contributed by atoms with Crippen molar-refractivity contribution in [3.8, 4) is 16.9 Å². The number of fused-ring (bicyclic) bond motifs is 3. The molecule has 0 saturated carbocycles. The minimum Gasteiger partial charge on any atom is -0.496 e. The second-order valence-corrected chi connectivity index (χ2v) is 10.8. The maximum atomic E-state index is 9.35. The highest BCUT2D eigenvalue weighted by Gasteiger charge is 2.10. The van der Waals surface area contributed by atoms with Crippen LogP contribution in [-0.2, 0) is 15.2 Å². The fourth-order valence-corrected chi connectivity index (χ4v) is 3.56. The number of aromatic nitrogens is 2. The average Bonchev–Trinajstić information content (AvgIpc) is 3.25. The van der Waals surface area contributed by atoms with Crippen LogP contribution in [0, 0.1) is 4.91 Å². The number of halogens is 2. The van der Waals surface area contributed by atoms with Crippen molar-refractivity contribution in [3.63, 3.8) is 0 Å². The van der Waals surface area contributed by atoms with Crippen molar-refractivity contribution in [2.75, 3.05) is 12.8 Å². The summed E-state index contributed by atoms with van der Waals surface area (Å²) in [4.78, 5) is 21.7. The normalized spacial score (nSPS) is 10.8. The predicted molar refractivity (Wildman–Crippen MR) is 163 cm³/mol. The van der Waals surface area contributed by atoms with Crippen LogP contribution in [0.5, 0.6) is 5.75 Å². The standard InChI is InChI=1S/C12H11ClN2O.C11H6ClNO.C4H9NO2.H2O4S/c1-16-11-5-3-2-4-8(11)9-7-15-12(13)6-10(9)14;12-11-5-10-8(6-13-11)7-3-1-2-4-9(7)14-10;1-4(2,3)7-5-6;1-5(2,3)4/h2-7H,1H3,(H2,14,15);1-6H;1-3H3;(H2,1,2,3,4). The highest BCUT2D eigenvalue weighted by Crippen LogP contribution is 2.33. The molecule has 5 rings (SSSR count). The minimum absolute atomic E-state index is 0.385. The van der Waals surface area contributed by atoms with Crippen LogP contribution in [0.3, 0.4) is 0 Å². The van der Waals surface area contributed by atoms with Crippen LogP contribution < -0.4 is 10.5 Å². The second-order valence-electron chi connectivity index (χ2n) is 9.12. The van der Waals surface area contributed by atoms with Gasteiger partial charge in [-0.05, 0) is 39.0 Å². The van der Waals surface area contributed by atoms with E-state index in [0.29, 0.717) is 16.0 Å². The first kappa shape index (κ1) is 34.2.